The molecule has 0 saturated carbocycles. The van der Waals surface area contributed by atoms with Gasteiger partial charge in [0.1, 0.15) is 0 Å². The Morgan fingerprint density at radius 2 is 1.73 bits per heavy atom. The van der Waals surface area contributed by atoms with E-state index in [0.29, 0.717) is 12.2 Å². The molecule has 2 atom stereocenters. The second-order valence-corrected chi connectivity index (χ2v) is 3.68. The summed E-state index contributed by atoms with van der Waals surface area (Å²) in [5.41, 5.74) is 0. The Kier molecular flexibility index (Phi) is 1.87. The van der Waals surface area contributed by atoms with E-state index in [1.165, 1.54) is 12.8 Å². The molecule has 2 saturated heterocycles. The molecule has 2 bridgehead atoms. The van der Waals surface area contributed by atoms with Crippen molar-refractivity contribution in [3.05, 3.63) is 0 Å². The maximum atomic E-state index is 5.71. The summed E-state index contributed by atoms with van der Waals surface area (Å²) in [5, 5.41) is 4.54. The van der Waals surface area contributed by atoms with Gasteiger partial charge in [-0.1, -0.05) is 0 Å². The second-order valence-electron chi connectivity index (χ2n) is 3.68. The van der Waals surface area contributed by atoms with Gasteiger partial charge in [-0.25, -0.2) is 10.0 Å². The molecule has 11 heavy (non-hydrogen) atoms. The Labute approximate surface area is 67.9 Å². The molecule has 0 amide bonds. The fourth-order valence-electron chi connectivity index (χ4n) is 1.92. The summed E-state index contributed by atoms with van der Waals surface area (Å²) in [5.74, 6) is 0. The Hall–Kier alpha value is -0.120. The molecule has 2 unspecified atom stereocenters. The van der Waals surface area contributed by atoms with Crippen molar-refractivity contribution in [1.82, 2.24) is 10.0 Å². The van der Waals surface area contributed by atoms with Crippen molar-refractivity contribution in [3.8, 4) is 0 Å². The van der Waals surface area contributed by atoms with Gasteiger partial charge in [0.25, 0.3) is 0 Å². The lowest BCUT2D eigenvalue weighted by molar-refractivity contribution is -0.109. The van der Waals surface area contributed by atoms with Crippen LogP contribution in [-0.2, 0) is 4.74 Å². The van der Waals surface area contributed by atoms with Crippen molar-refractivity contribution in [1.29, 1.82) is 0 Å². The van der Waals surface area contributed by atoms with E-state index in [4.69, 9.17) is 4.74 Å². The lowest BCUT2D eigenvalue weighted by atomic mass is 10.2. The van der Waals surface area contributed by atoms with Crippen LogP contribution in [0.3, 0.4) is 0 Å². The van der Waals surface area contributed by atoms with E-state index in [9.17, 15) is 0 Å². The highest BCUT2D eigenvalue weighted by Crippen LogP contribution is 2.26. The molecule has 0 aromatic heterocycles. The van der Waals surface area contributed by atoms with Gasteiger partial charge in [0.2, 0.25) is 0 Å². The van der Waals surface area contributed by atoms with Crippen LogP contribution in [-0.4, -0.2) is 49.4 Å². The first-order valence-electron chi connectivity index (χ1n) is 4.33. The van der Waals surface area contributed by atoms with Crippen LogP contribution in [0.5, 0.6) is 0 Å². The van der Waals surface area contributed by atoms with Crippen molar-refractivity contribution in [2.75, 3.05) is 27.2 Å². The van der Waals surface area contributed by atoms with Crippen LogP contribution in [0, 0.1) is 0 Å². The van der Waals surface area contributed by atoms with Crippen LogP contribution in [0.1, 0.15) is 12.8 Å². The van der Waals surface area contributed by atoms with Gasteiger partial charge in [-0.05, 0) is 12.8 Å². The molecule has 2 aliphatic heterocycles. The summed E-state index contributed by atoms with van der Waals surface area (Å²) in [7, 11) is 4.20. The number of rotatable bonds is 1. The zero-order valence-electron chi connectivity index (χ0n) is 7.29. The van der Waals surface area contributed by atoms with Gasteiger partial charge in [-0.15, -0.1) is 0 Å². The summed E-state index contributed by atoms with van der Waals surface area (Å²) in [6, 6.07) is 0. The quantitative estimate of drug-likeness (QED) is 0.544. The average Bonchev–Trinajstić information content (AvgIpc) is 2.30. The fraction of sp³-hybridized carbons (Fsp3) is 1.00. The number of hydrogen-bond acceptors (Lipinski definition) is 3. The minimum atomic E-state index is 0.510. The number of morpholine rings is 1. The minimum absolute atomic E-state index is 0.510. The molecule has 0 N–H and O–H groups in total. The van der Waals surface area contributed by atoms with Gasteiger partial charge < -0.3 is 4.74 Å². The van der Waals surface area contributed by atoms with Crippen molar-refractivity contribution < 1.29 is 4.74 Å². The zero-order valence-corrected chi connectivity index (χ0v) is 7.29. The third-order valence-corrected chi connectivity index (χ3v) is 2.59. The van der Waals surface area contributed by atoms with E-state index in [2.05, 4.69) is 24.1 Å². The molecule has 2 heterocycles. The Bertz CT molecular complexity index is 137. The number of fused-ring (bicyclic) bond motifs is 2. The largest absolute Gasteiger partial charge is 0.372 e. The number of nitrogens with zero attached hydrogens (tertiary/aromatic N) is 2. The lowest BCUT2D eigenvalue weighted by Crippen LogP contribution is -2.49. The van der Waals surface area contributed by atoms with E-state index in [0.717, 1.165) is 13.1 Å². The highest BCUT2D eigenvalue weighted by molar-refractivity contribution is 4.83. The molecular formula is C8H16N2O. The van der Waals surface area contributed by atoms with Gasteiger partial charge in [0.15, 0.2) is 0 Å². The van der Waals surface area contributed by atoms with Crippen molar-refractivity contribution in [2.24, 2.45) is 0 Å². The standard InChI is InChI=1S/C8H16N2O/c1-9(2)10-5-7-3-4-8(6-10)11-7/h7-8H,3-6H2,1-2H3. The van der Waals surface area contributed by atoms with Crippen LogP contribution in [0.15, 0.2) is 0 Å². The third-order valence-electron chi connectivity index (χ3n) is 2.59. The second kappa shape index (κ2) is 2.73. The summed E-state index contributed by atoms with van der Waals surface area (Å²) in [4.78, 5) is 0. The van der Waals surface area contributed by atoms with Crippen molar-refractivity contribution in [3.63, 3.8) is 0 Å². The molecule has 0 aliphatic carbocycles. The molecule has 2 fully saturated rings. The van der Waals surface area contributed by atoms with Gasteiger partial charge in [0.05, 0.1) is 12.2 Å². The van der Waals surface area contributed by atoms with Crippen LogP contribution in [0.25, 0.3) is 0 Å². The Morgan fingerprint density at radius 1 is 1.18 bits per heavy atom. The summed E-state index contributed by atoms with van der Waals surface area (Å²) < 4.78 is 5.71. The fourth-order valence-corrected chi connectivity index (χ4v) is 1.92. The van der Waals surface area contributed by atoms with Gasteiger partial charge in [-0.2, -0.15) is 0 Å². The minimum Gasteiger partial charge on any atom is -0.372 e. The third kappa shape index (κ3) is 1.41. The molecule has 0 aromatic rings. The topological polar surface area (TPSA) is 15.7 Å². The molecule has 0 radical (unpaired) electrons. The van der Waals surface area contributed by atoms with E-state index in [1.807, 2.05) is 0 Å². The number of hydrogen-bond donors (Lipinski definition) is 0. The van der Waals surface area contributed by atoms with E-state index >= 15 is 0 Å². The lowest BCUT2D eigenvalue weighted by Gasteiger charge is -2.36. The normalized spacial score (nSPS) is 38.5. The Balaban J connectivity index is 1.97. The van der Waals surface area contributed by atoms with Crippen molar-refractivity contribution in [2.45, 2.75) is 25.0 Å². The summed E-state index contributed by atoms with van der Waals surface area (Å²) in [6.45, 7) is 2.17. The zero-order chi connectivity index (χ0) is 7.84. The summed E-state index contributed by atoms with van der Waals surface area (Å²) in [6.07, 6.45) is 3.54. The molecule has 0 aromatic carbocycles. The first-order valence-corrected chi connectivity index (χ1v) is 4.33. The van der Waals surface area contributed by atoms with Crippen LogP contribution >= 0.6 is 0 Å². The van der Waals surface area contributed by atoms with Gasteiger partial charge in [-0.3, -0.25) is 0 Å². The highest BCUT2D eigenvalue weighted by Gasteiger charge is 2.34. The molecule has 64 valence electrons. The smallest absolute Gasteiger partial charge is 0.0721 e. The first-order chi connectivity index (χ1) is 5.25. The maximum absolute atomic E-state index is 5.71. The molecule has 2 rings (SSSR count). The number of ether oxygens (including phenoxy) is 1. The molecule has 3 nitrogen and oxygen atoms in total. The van der Waals surface area contributed by atoms with Crippen LogP contribution < -0.4 is 0 Å². The SMILES string of the molecule is CN(C)N1CC2CCC(C1)O2. The summed E-state index contributed by atoms with van der Waals surface area (Å²) >= 11 is 0. The first kappa shape index (κ1) is 7.53. The predicted octanol–water partition coefficient (Wildman–Crippen LogP) is 0.326. The molecule has 0 spiro atoms. The van der Waals surface area contributed by atoms with E-state index < -0.39 is 0 Å². The van der Waals surface area contributed by atoms with E-state index in [-0.39, 0.29) is 0 Å². The van der Waals surface area contributed by atoms with Gasteiger partial charge in [0, 0.05) is 27.2 Å². The van der Waals surface area contributed by atoms with Crippen LogP contribution in [0.4, 0.5) is 0 Å². The number of hydrazine groups is 1. The molecule has 3 heteroatoms. The van der Waals surface area contributed by atoms with E-state index in [1.54, 1.807) is 0 Å². The monoisotopic (exact) mass is 156 g/mol. The van der Waals surface area contributed by atoms with Gasteiger partial charge >= 0.3 is 0 Å². The maximum Gasteiger partial charge on any atom is 0.0721 e. The molecule has 2 aliphatic rings. The van der Waals surface area contributed by atoms with Crippen molar-refractivity contribution >= 4 is 0 Å². The predicted molar refractivity (Wildman–Crippen MR) is 43.2 cm³/mol. The Morgan fingerprint density at radius 3 is 2.18 bits per heavy atom. The molecular weight excluding hydrogens is 140 g/mol. The van der Waals surface area contributed by atoms with Crippen LogP contribution in [0.2, 0.25) is 0 Å². The average molecular weight is 156 g/mol. The highest BCUT2D eigenvalue weighted by atomic mass is 16.5.